The minimum Gasteiger partial charge on any atom is -0.371 e. The first-order chi connectivity index (χ1) is 28.1. The second-order valence-electron chi connectivity index (χ2n) is 14.5. The molecule has 300 valence electrons. The Hall–Kier alpha value is -4.26. The maximum absolute atomic E-state index is 6.78. The highest BCUT2D eigenvalue weighted by molar-refractivity contribution is 5.17. The van der Waals surface area contributed by atoms with Gasteiger partial charge in [0.1, 0.15) is 30.5 Å². The molecule has 9 heteroatoms. The molecule has 2 aliphatic rings. The number of hydrogen-bond acceptors (Lipinski definition) is 9. The molecule has 2 aliphatic heterocycles. The molecule has 0 radical (unpaired) electrons. The Kier molecular flexibility index (Phi) is 15.4. The van der Waals surface area contributed by atoms with Gasteiger partial charge in [0.05, 0.1) is 51.8 Å². The van der Waals surface area contributed by atoms with Crippen molar-refractivity contribution in [2.75, 3.05) is 13.7 Å². The summed E-state index contributed by atoms with van der Waals surface area (Å²) in [6.07, 6.45) is -4.16. The molecule has 2 saturated heterocycles. The smallest absolute Gasteiger partial charge is 0.186 e. The van der Waals surface area contributed by atoms with Crippen LogP contribution in [0, 0.1) is 0 Å². The van der Waals surface area contributed by atoms with Gasteiger partial charge in [-0.3, -0.25) is 0 Å². The van der Waals surface area contributed by atoms with Gasteiger partial charge in [-0.1, -0.05) is 152 Å². The summed E-state index contributed by atoms with van der Waals surface area (Å²) in [7, 11) is 1.62. The van der Waals surface area contributed by atoms with Crippen molar-refractivity contribution in [2.24, 2.45) is 0 Å². The zero-order valence-electron chi connectivity index (χ0n) is 32.8. The Bertz CT molecular complexity index is 1830. The van der Waals surface area contributed by atoms with Crippen molar-refractivity contribution in [3.8, 4) is 0 Å². The van der Waals surface area contributed by atoms with Crippen molar-refractivity contribution >= 4 is 0 Å². The summed E-state index contributed by atoms with van der Waals surface area (Å²) in [5.41, 5.74) is 5.26. The standard InChI is InChI=1S/C48H54O9/c1-35-44(52-30-37-20-10-4-11-21-37)41(50-29-36-18-8-3-9-19-36)28-43(56-35)51-34-42-45(53-31-38-22-12-5-13-23-38)46(54-32-39-24-14-6-15-25-39)47(48(49-2)57-42)55-33-40-26-16-7-17-27-40/h3-27,35,41-48H,28-34H2,1-2H3/t35-,41-,42+,43+,44+,45+,46-,47+,48-/m0/s1. The van der Waals surface area contributed by atoms with Gasteiger partial charge in [0.25, 0.3) is 0 Å². The van der Waals surface area contributed by atoms with E-state index in [4.69, 9.17) is 42.6 Å². The van der Waals surface area contributed by atoms with Crippen LogP contribution in [0.1, 0.15) is 41.2 Å². The van der Waals surface area contributed by atoms with Crippen LogP contribution in [-0.2, 0) is 75.7 Å². The van der Waals surface area contributed by atoms with Gasteiger partial charge in [-0.15, -0.1) is 0 Å². The van der Waals surface area contributed by atoms with E-state index in [-0.39, 0.29) is 24.9 Å². The van der Waals surface area contributed by atoms with Gasteiger partial charge in [-0.2, -0.15) is 0 Å². The van der Waals surface area contributed by atoms with Gasteiger partial charge in [-0.25, -0.2) is 0 Å². The third-order valence-electron chi connectivity index (χ3n) is 10.3. The molecule has 0 amide bonds. The van der Waals surface area contributed by atoms with Crippen molar-refractivity contribution in [2.45, 2.75) is 102 Å². The van der Waals surface area contributed by atoms with E-state index in [1.54, 1.807) is 7.11 Å². The van der Waals surface area contributed by atoms with Gasteiger partial charge < -0.3 is 42.6 Å². The maximum Gasteiger partial charge on any atom is 0.186 e. The van der Waals surface area contributed by atoms with Crippen molar-refractivity contribution < 1.29 is 42.6 Å². The molecular weight excluding hydrogens is 721 g/mol. The van der Waals surface area contributed by atoms with E-state index in [0.717, 1.165) is 27.8 Å². The van der Waals surface area contributed by atoms with E-state index >= 15 is 0 Å². The molecule has 0 N–H and O–H groups in total. The van der Waals surface area contributed by atoms with Gasteiger partial charge in [0.2, 0.25) is 0 Å². The quantitative estimate of drug-likeness (QED) is 0.0822. The van der Waals surface area contributed by atoms with Crippen LogP contribution in [0.5, 0.6) is 0 Å². The van der Waals surface area contributed by atoms with Gasteiger partial charge >= 0.3 is 0 Å². The highest BCUT2D eigenvalue weighted by Crippen LogP contribution is 2.33. The van der Waals surface area contributed by atoms with Crippen molar-refractivity contribution in [3.05, 3.63) is 179 Å². The lowest BCUT2D eigenvalue weighted by Gasteiger charge is -2.46. The van der Waals surface area contributed by atoms with Crippen molar-refractivity contribution in [1.29, 1.82) is 0 Å². The predicted molar refractivity (Wildman–Crippen MR) is 216 cm³/mol. The van der Waals surface area contributed by atoms with E-state index in [9.17, 15) is 0 Å². The molecule has 5 aromatic carbocycles. The molecule has 2 fully saturated rings. The van der Waals surface area contributed by atoms with Crippen LogP contribution in [0.25, 0.3) is 0 Å². The molecule has 7 rings (SSSR count). The summed E-state index contributed by atoms with van der Waals surface area (Å²) in [5.74, 6) is 0. The SMILES string of the molecule is CO[C@H]1O[C@H](CO[C@H]2C[C@H](OCc3ccccc3)[C@H](OCc3ccccc3)[C@H](C)O2)[C@@H](OCc2ccccc2)[C@H](OCc2ccccc2)[C@H]1OCc1ccccc1. The molecule has 57 heavy (non-hydrogen) atoms. The maximum atomic E-state index is 6.78. The third kappa shape index (κ3) is 11.9. The molecule has 0 unspecified atom stereocenters. The molecule has 0 saturated carbocycles. The van der Waals surface area contributed by atoms with Crippen LogP contribution >= 0.6 is 0 Å². The summed E-state index contributed by atoms with van der Waals surface area (Å²) in [6, 6.07) is 50.5. The molecule has 5 aromatic rings. The molecule has 0 aliphatic carbocycles. The summed E-state index contributed by atoms with van der Waals surface area (Å²) < 4.78 is 59.0. The molecular formula is C48H54O9. The average molecular weight is 775 g/mol. The van der Waals surface area contributed by atoms with E-state index in [2.05, 4.69) is 24.3 Å². The molecule has 9 nitrogen and oxygen atoms in total. The fourth-order valence-electron chi connectivity index (χ4n) is 7.33. The second kappa shape index (κ2) is 21.5. The summed E-state index contributed by atoms with van der Waals surface area (Å²) in [4.78, 5) is 0. The Balaban J connectivity index is 1.10. The molecule has 2 heterocycles. The van der Waals surface area contributed by atoms with Crippen LogP contribution in [-0.4, -0.2) is 69.0 Å². The largest absolute Gasteiger partial charge is 0.371 e. The van der Waals surface area contributed by atoms with Gasteiger partial charge in [-0.05, 0) is 34.7 Å². The third-order valence-corrected chi connectivity index (χ3v) is 10.3. The Labute approximate surface area is 336 Å². The van der Waals surface area contributed by atoms with Crippen LogP contribution in [0.15, 0.2) is 152 Å². The lowest BCUT2D eigenvalue weighted by atomic mass is 9.97. The summed E-state index contributed by atoms with van der Waals surface area (Å²) in [6.45, 7) is 4.08. The number of methoxy groups -OCH3 is 1. The van der Waals surface area contributed by atoms with E-state index in [1.165, 1.54) is 0 Å². The molecule has 0 spiro atoms. The fraction of sp³-hybridized carbons (Fsp3) is 0.375. The van der Waals surface area contributed by atoms with Crippen molar-refractivity contribution in [1.82, 2.24) is 0 Å². The zero-order chi connectivity index (χ0) is 39.1. The topological polar surface area (TPSA) is 83.1 Å². The summed E-state index contributed by atoms with van der Waals surface area (Å²) in [5, 5.41) is 0. The van der Waals surface area contributed by atoms with E-state index in [1.807, 2.05) is 134 Å². The number of benzene rings is 5. The second-order valence-corrected chi connectivity index (χ2v) is 14.5. The average Bonchev–Trinajstić information content (AvgIpc) is 3.27. The highest BCUT2D eigenvalue weighted by atomic mass is 16.7. The van der Waals surface area contributed by atoms with Gasteiger partial charge in [0.15, 0.2) is 12.6 Å². The Morgan fingerprint density at radius 1 is 0.439 bits per heavy atom. The van der Waals surface area contributed by atoms with E-state index in [0.29, 0.717) is 39.5 Å². The molecule has 9 atom stereocenters. The first kappa shape index (κ1) is 40.9. The summed E-state index contributed by atoms with van der Waals surface area (Å²) >= 11 is 0. The Morgan fingerprint density at radius 2 is 0.825 bits per heavy atom. The van der Waals surface area contributed by atoms with Crippen LogP contribution in [0.3, 0.4) is 0 Å². The minimum atomic E-state index is -0.761. The minimum absolute atomic E-state index is 0.147. The monoisotopic (exact) mass is 774 g/mol. The van der Waals surface area contributed by atoms with Gasteiger partial charge in [0, 0.05) is 13.5 Å². The van der Waals surface area contributed by atoms with Crippen molar-refractivity contribution in [3.63, 3.8) is 0 Å². The predicted octanol–water partition coefficient (Wildman–Crippen LogP) is 8.44. The zero-order valence-corrected chi connectivity index (χ0v) is 32.8. The highest BCUT2D eigenvalue weighted by Gasteiger charge is 2.49. The fourth-order valence-corrected chi connectivity index (χ4v) is 7.33. The molecule has 0 aromatic heterocycles. The van der Waals surface area contributed by atoms with Crippen LogP contribution < -0.4 is 0 Å². The van der Waals surface area contributed by atoms with Crippen LogP contribution in [0.2, 0.25) is 0 Å². The van der Waals surface area contributed by atoms with Crippen LogP contribution in [0.4, 0.5) is 0 Å². The number of rotatable bonds is 19. The number of ether oxygens (including phenoxy) is 9. The Morgan fingerprint density at radius 3 is 1.26 bits per heavy atom. The number of hydrogen-bond donors (Lipinski definition) is 0. The first-order valence-corrected chi connectivity index (χ1v) is 19.9. The first-order valence-electron chi connectivity index (χ1n) is 19.9. The van der Waals surface area contributed by atoms with E-state index < -0.39 is 37.0 Å². The lowest BCUT2D eigenvalue weighted by Crippen LogP contribution is -2.62. The molecule has 0 bridgehead atoms. The normalized spacial score (nSPS) is 26.2. The lowest BCUT2D eigenvalue weighted by molar-refractivity contribution is -0.333.